The fraction of sp³-hybridized carbons (Fsp3) is 0.0435. The fourth-order valence-electron chi connectivity index (χ4n) is 2.69. The Bertz CT molecular complexity index is 1080. The van der Waals surface area contributed by atoms with Gasteiger partial charge in [-0.2, -0.15) is 18.4 Å². The molecule has 3 rings (SSSR count). The lowest BCUT2D eigenvalue weighted by Gasteiger charge is -2.09. The number of alkyl halides is 3. The molecule has 144 valence electrons. The van der Waals surface area contributed by atoms with Gasteiger partial charge in [-0.25, -0.2) is 0 Å². The SMILES string of the molecule is N#C/C(=C\c1ccc(-c2ccccc2)cc1)C(=O)Nc1cccc(C(F)(F)F)c1. The highest BCUT2D eigenvalue weighted by Crippen LogP contribution is 2.30. The van der Waals surface area contributed by atoms with Crippen molar-refractivity contribution in [3.05, 3.63) is 95.6 Å². The summed E-state index contributed by atoms with van der Waals surface area (Å²) >= 11 is 0. The van der Waals surface area contributed by atoms with E-state index in [0.29, 0.717) is 5.56 Å². The van der Waals surface area contributed by atoms with Gasteiger partial charge in [0.15, 0.2) is 0 Å². The first-order chi connectivity index (χ1) is 13.9. The van der Waals surface area contributed by atoms with E-state index in [1.807, 2.05) is 42.5 Å². The molecule has 0 bridgehead atoms. The largest absolute Gasteiger partial charge is 0.416 e. The highest BCUT2D eigenvalue weighted by molar-refractivity contribution is 6.09. The van der Waals surface area contributed by atoms with Crippen molar-refractivity contribution in [3.8, 4) is 17.2 Å². The summed E-state index contributed by atoms with van der Waals surface area (Å²) in [4.78, 5) is 12.3. The molecule has 0 heterocycles. The summed E-state index contributed by atoms with van der Waals surface area (Å²) in [5.41, 5.74) is 1.51. The molecule has 0 aliphatic heterocycles. The van der Waals surface area contributed by atoms with Crippen molar-refractivity contribution in [2.24, 2.45) is 0 Å². The standard InChI is InChI=1S/C23H15F3N2O/c24-23(25,26)20-7-4-8-21(14-20)28-22(29)19(15-27)13-16-9-11-18(12-10-16)17-5-2-1-3-6-17/h1-14H,(H,28,29)/b19-13+. The Labute approximate surface area is 165 Å². The van der Waals surface area contributed by atoms with Crippen molar-refractivity contribution < 1.29 is 18.0 Å². The van der Waals surface area contributed by atoms with E-state index in [4.69, 9.17) is 0 Å². The van der Waals surface area contributed by atoms with Gasteiger partial charge in [0.1, 0.15) is 11.6 Å². The van der Waals surface area contributed by atoms with Crippen LogP contribution < -0.4 is 5.32 Å². The first kappa shape index (κ1) is 19.9. The molecule has 0 aromatic heterocycles. The normalized spacial score (nSPS) is 11.6. The maximum Gasteiger partial charge on any atom is 0.416 e. The number of anilines is 1. The number of carbonyl (C=O) groups excluding carboxylic acids is 1. The number of carbonyl (C=O) groups is 1. The zero-order valence-electron chi connectivity index (χ0n) is 15.1. The maximum atomic E-state index is 12.8. The molecule has 1 amide bonds. The van der Waals surface area contributed by atoms with Crippen LogP contribution in [0.5, 0.6) is 0 Å². The van der Waals surface area contributed by atoms with E-state index >= 15 is 0 Å². The van der Waals surface area contributed by atoms with Crippen LogP contribution in [0.15, 0.2) is 84.4 Å². The molecule has 3 nitrogen and oxygen atoms in total. The molecule has 29 heavy (non-hydrogen) atoms. The lowest BCUT2D eigenvalue weighted by molar-refractivity contribution is -0.137. The van der Waals surface area contributed by atoms with Crippen LogP contribution >= 0.6 is 0 Å². The highest BCUT2D eigenvalue weighted by atomic mass is 19.4. The van der Waals surface area contributed by atoms with Gasteiger partial charge in [-0.3, -0.25) is 4.79 Å². The van der Waals surface area contributed by atoms with Gasteiger partial charge < -0.3 is 5.32 Å². The fourth-order valence-corrected chi connectivity index (χ4v) is 2.69. The van der Waals surface area contributed by atoms with E-state index in [-0.39, 0.29) is 11.3 Å². The summed E-state index contributed by atoms with van der Waals surface area (Å²) in [5.74, 6) is -0.779. The number of benzene rings is 3. The third-order valence-electron chi connectivity index (χ3n) is 4.14. The number of amides is 1. The van der Waals surface area contributed by atoms with E-state index in [9.17, 15) is 23.2 Å². The molecule has 0 fully saturated rings. The van der Waals surface area contributed by atoms with Crippen LogP contribution in [0.1, 0.15) is 11.1 Å². The summed E-state index contributed by atoms with van der Waals surface area (Å²) in [7, 11) is 0. The van der Waals surface area contributed by atoms with Gasteiger partial charge in [-0.1, -0.05) is 60.7 Å². The molecule has 3 aromatic carbocycles. The Balaban J connectivity index is 1.78. The molecule has 6 heteroatoms. The minimum atomic E-state index is -4.52. The number of nitrogens with zero attached hydrogens (tertiary/aromatic N) is 1. The van der Waals surface area contributed by atoms with Gasteiger partial charge >= 0.3 is 6.18 Å². The molecule has 0 radical (unpaired) electrons. The number of rotatable bonds is 4. The van der Waals surface area contributed by atoms with Crippen molar-refractivity contribution in [1.82, 2.24) is 0 Å². The summed E-state index contributed by atoms with van der Waals surface area (Å²) in [6.45, 7) is 0. The first-order valence-corrected chi connectivity index (χ1v) is 8.63. The van der Waals surface area contributed by atoms with Crippen molar-refractivity contribution >= 4 is 17.7 Å². The average molecular weight is 392 g/mol. The number of nitrogens with one attached hydrogen (secondary N) is 1. The molecule has 0 aliphatic carbocycles. The van der Waals surface area contributed by atoms with Crippen molar-refractivity contribution in [1.29, 1.82) is 5.26 Å². The van der Waals surface area contributed by atoms with Crippen LogP contribution in [-0.2, 0) is 11.0 Å². The molecule has 3 aromatic rings. The van der Waals surface area contributed by atoms with E-state index < -0.39 is 17.6 Å². The Kier molecular flexibility index (Phi) is 5.79. The van der Waals surface area contributed by atoms with Crippen LogP contribution in [-0.4, -0.2) is 5.91 Å². The quantitative estimate of drug-likeness (QED) is 0.443. The van der Waals surface area contributed by atoms with E-state index in [0.717, 1.165) is 23.3 Å². The van der Waals surface area contributed by atoms with Crippen LogP contribution in [0.4, 0.5) is 18.9 Å². The third kappa shape index (κ3) is 5.11. The Morgan fingerprint density at radius 1 is 0.897 bits per heavy atom. The highest BCUT2D eigenvalue weighted by Gasteiger charge is 2.30. The molecule has 0 unspecified atom stereocenters. The van der Waals surface area contributed by atoms with Crippen LogP contribution in [0.25, 0.3) is 17.2 Å². The van der Waals surface area contributed by atoms with Crippen molar-refractivity contribution in [2.75, 3.05) is 5.32 Å². The summed E-state index contributed by atoms with van der Waals surface area (Å²) in [5, 5.41) is 11.6. The number of halogens is 3. The second kappa shape index (κ2) is 8.44. The van der Waals surface area contributed by atoms with Gasteiger partial charge in [0.2, 0.25) is 0 Å². The Morgan fingerprint density at radius 2 is 1.55 bits per heavy atom. The molecule has 0 atom stereocenters. The Morgan fingerprint density at radius 3 is 2.17 bits per heavy atom. The zero-order valence-corrected chi connectivity index (χ0v) is 15.1. The molecule has 0 aliphatic rings. The van der Waals surface area contributed by atoms with Gasteiger partial charge in [-0.15, -0.1) is 0 Å². The van der Waals surface area contributed by atoms with Gasteiger partial charge in [0.05, 0.1) is 5.56 Å². The van der Waals surface area contributed by atoms with E-state index in [1.54, 1.807) is 18.2 Å². The van der Waals surface area contributed by atoms with E-state index in [2.05, 4.69) is 5.32 Å². The predicted molar refractivity (Wildman–Crippen MR) is 106 cm³/mol. The minimum absolute atomic E-state index is 0.0367. The van der Waals surface area contributed by atoms with Crippen LogP contribution in [0, 0.1) is 11.3 Å². The Hall–Kier alpha value is -3.85. The van der Waals surface area contributed by atoms with Gasteiger partial charge in [0, 0.05) is 5.69 Å². The molecule has 0 saturated carbocycles. The molecule has 0 saturated heterocycles. The maximum absolute atomic E-state index is 12.8. The molecule has 1 N–H and O–H groups in total. The summed E-state index contributed by atoms with van der Waals surface area (Å²) < 4.78 is 38.4. The summed E-state index contributed by atoms with van der Waals surface area (Å²) in [6, 6.07) is 23.0. The third-order valence-corrected chi connectivity index (χ3v) is 4.14. The van der Waals surface area contributed by atoms with Gasteiger partial charge in [-0.05, 0) is 41.0 Å². The minimum Gasteiger partial charge on any atom is -0.321 e. The molecule has 0 spiro atoms. The van der Waals surface area contributed by atoms with Crippen molar-refractivity contribution in [2.45, 2.75) is 6.18 Å². The topological polar surface area (TPSA) is 52.9 Å². The molecular weight excluding hydrogens is 377 g/mol. The number of hydrogen-bond donors (Lipinski definition) is 1. The number of nitriles is 1. The summed E-state index contributed by atoms with van der Waals surface area (Å²) in [6.07, 6.45) is -3.13. The molecular formula is C23H15F3N2O. The first-order valence-electron chi connectivity index (χ1n) is 8.63. The van der Waals surface area contributed by atoms with Crippen LogP contribution in [0.3, 0.4) is 0 Å². The number of hydrogen-bond acceptors (Lipinski definition) is 2. The predicted octanol–water partition coefficient (Wildman–Crippen LogP) is 5.92. The van der Waals surface area contributed by atoms with Gasteiger partial charge in [0.25, 0.3) is 5.91 Å². The lowest BCUT2D eigenvalue weighted by atomic mass is 10.0. The monoisotopic (exact) mass is 392 g/mol. The van der Waals surface area contributed by atoms with E-state index in [1.165, 1.54) is 18.2 Å². The second-order valence-corrected chi connectivity index (χ2v) is 6.19. The average Bonchev–Trinajstić information content (AvgIpc) is 2.72. The second-order valence-electron chi connectivity index (χ2n) is 6.19. The lowest BCUT2D eigenvalue weighted by Crippen LogP contribution is -2.14. The van der Waals surface area contributed by atoms with Crippen LogP contribution in [0.2, 0.25) is 0 Å². The smallest absolute Gasteiger partial charge is 0.321 e. The van der Waals surface area contributed by atoms with Crippen molar-refractivity contribution in [3.63, 3.8) is 0 Å². The zero-order chi connectivity index (χ0) is 20.9.